The fourth-order valence-corrected chi connectivity index (χ4v) is 2.13. The Kier molecular flexibility index (Phi) is 4.08. The molecule has 1 N–H and O–H groups in total. The summed E-state index contributed by atoms with van der Waals surface area (Å²) in [7, 11) is 0. The first-order chi connectivity index (χ1) is 8.15. The Hall–Kier alpha value is -0.990. The molecule has 17 heavy (non-hydrogen) atoms. The van der Waals surface area contributed by atoms with Crippen molar-refractivity contribution in [2.45, 2.75) is 13.5 Å². The maximum Gasteiger partial charge on any atom is 0.0549 e. The molecule has 0 heterocycles. The number of anilines is 1. The molecule has 0 atom stereocenters. The van der Waals surface area contributed by atoms with Gasteiger partial charge < -0.3 is 5.32 Å². The molecule has 0 aromatic heterocycles. The second-order valence-corrected chi connectivity index (χ2v) is 5.23. The van der Waals surface area contributed by atoms with E-state index in [1.807, 2.05) is 18.2 Å². The molecular formula is C14H13BrClN. The van der Waals surface area contributed by atoms with Crippen LogP contribution in [-0.2, 0) is 6.54 Å². The normalized spacial score (nSPS) is 10.3. The van der Waals surface area contributed by atoms with Crippen LogP contribution in [0.1, 0.15) is 11.1 Å². The lowest BCUT2D eigenvalue weighted by Gasteiger charge is -2.08. The van der Waals surface area contributed by atoms with Crippen LogP contribution in [0.25, 0.3) is 0 Å². The van der Waals surface area contributed by atoms with Crippen molar-refractivity contribution in [2.75, 3.05) is 5.32 Å². The summed E-state index contributed by atoms with van der Waals surface area (Å²) in [5.74, 6) is 0. The van der Waals surface area contributed by atoms with Crippen molar-refractivity contribution in [3.05, 3.63) is 63.1 Å². The molecule has 88 valence electrons. The molecule has 2 aromatic carbocycles. The predicted molar refractivity (Wildman–Crippen MR) is 77.7 cm³/mol. The molecule has 0 amide bonds. The summed E-state index contributed by atoms with van der Waals surface area (Å²) in [4.78, 5) is 0. The van der Waals surface area contributed by atoms with Gasteiger partial charge in [0.15, 0.2) is 0 Å². The summed E-state index contributed by atoms with van der Waals surface area (Å²) in [6.45, 7) is 2.91. The molecule has 1 nitrogen and oxygen atoms in total. The summed E-state index contributed by atoms with van der Waals surface area (Å²) < 4.78 is 0.911. The maximum atomic E-state index is 5.94. The number of rotatable bonds is 3. The minimum Gasteiger partial charge on any atom is -0.381 e. The number of aryl methyl sites for hydroxylation is 1. The Morgan fingerprint density at radius 2 is 2.00 bits per heavy atom. The minimum absolute atomic E-state index is 0.728. The molecule has 0 aliphatic heterocycles. The van der Waals surface area contributed by atoms with Crippen molar-refractivity contribution in [3.63, 3.8) is 0 Å². The zero-order chi connectivity index (χ0) is 12.3. The first-order valence-electron chi connectivity index (χ1n) is 5.39. The Balaban J connectivity index is 2.05. The molecule has 0 saturated heterocycles. The molecule has 2 aromatic rings. The van der Waals surface area contributed by atoms with E-state index in [1.165, 1.54) is 11.1 Å². The van der Waals surface area contributed by atoms with Crippen molar-refractivity contribution in [1.29, 1.82) is 0 Å². The van der Waals surface area contributed by atoms with Gasteiger partial charge in [0, 0.05) is 16.7 Å². The number of hydrogen-bond acceptors (Lipinski definition) is 1. The van der Waals surface area contributed by atoms with Crippen molar-refractivity contribution in [3.8, 4) is 0 Å². The fourth-order valence-electron chi connectivity index (χ4n) is 1.63. The Morgan fingerprint density at radius 1 is 1.18 bits per heavy atom. The molecule has 0 saturated carbocycles. The fraction of sp³-hybridized carbons (Fsp3) is 0.143. The standard InChI is InChI=1S/C14H13BrClN/c1-10-3-2-4-11(7-10)9-17-12-5-6-14(16)13(15)8-12/h2-8,17H,9H2,1H3. The molecule has 0 bridgehead atoms. The third kappa shape index (κ3) is 3.48. The van der Waals surface area contributed by atoms with Crippen LogP contribution >= 0.6 is 27.5 Å². The highest BCUT2D eigenvalue weighted by Crippen LogP contribution is 2.25. The number of nitrogens with one attached hydrogen (secondary N) is 1. The van der Waals surface area contributed by atoms with E-state index >= 15 is 0 Å². The Morgan fingerprint density at radius 3 is 2.71 bits per heavy atom. The van der Waals surface area contributed by atoms with Crippen LogP contribution < -0.4 is 5.32 Å². The first-order valence-corrected chi connectivity index (χ1v) is 6.57. The van der Waals surface area contributed by atoms with Crippen LogP contribution in [0.5, 0.6) is 0 Å². The average molecular weight is 311 g/mol. The summed E-state index contributed by atoms with van der Waals surface area (Å²) in [6, 6.07) is 14.3. The van der Waals surface area contributed by atoms with E-state index in [0.717, 1.165) is 21.7 Å². The summed E-state index contributed by atoms with van der Waals surface area (Å²) in [5.41, 5.74) is 3.61. The van der Waals surface area contributed by atoms with Crippen LogP contribution in [-0.4, -0.2) is 0 Å². The minimum atomic E-state index is 0.728. The van der Waals surface area contributed by atoms with Crippen molar-refractivity contribution in [1.82, 2.24) is 0 Å². The highest BCUT2D eigenvalue weighted by atomic mass is 79.9. The van der Waals surface area contributed by atoms with Crippen LogP contribution in [0.15, 0.2) is 46.9 Å². The van der Waals surface area contributed by atoms with Gasteiger partial charge in [-0.15, -0.1) is 0 Å². The first kappa shape index (κ1) is 12.5. The van der Waals surface area contributed by atoms with Gasteiger partial charge in [-0.3, -0.25) is 0 Å². The average Bonchev–Trinajstić information content (AvgIpc) is 2.31. The molecule has 0 radical (unpaired) electrons. The smallest absolute Gasteiger partial charge is 0.0549 e. The summed E-state index contributed by atoms with van der Waals surface area (Å²) in [5, 5.41) is 4.10. The summed E-state index contributed by atoms with van der Waals surface area (Å²) in [6.07, 6.45) is 0. The van der Waals surface area contributed by atoms with E-state index in [-0.39, 0.29) is 0 Å². The largest absolute Gasteiger partial charge is 0.381 e. The van der Waals surface area contributed by atoms with Gasteiger partial charge in [-0.1, -0.05) is 41.4 Å². The van der Waals surface area contributed by atoms with Crippen molar-refractivity contribution < 1.29 is 0 Å². The molecule has 2 rings (SSSR count). The van der Waals surface area contributed by atoms with E-state index < -0.39 is 0 Å². The predicted octanol–water partition coefficient (Wildman–Crippen LogP) is 5.02. The Labute approximate surface area is 115 Å². The topological polar surface area (TPSA) is 12.0 Å². The third-order valence-electron chi connectivity index (χ3n) is 2.50. The SMILES string of the molecule is Cc1cccc(CNc2ccc(Cl)c(Br)c2)c1. The van der Waals surface area contributed by atoms with E-state index in [2.05, 4.69) is 52.4 Å². The molecular weight excluding hydrogens is 298 g/mol. The maximum absolute atomic E-state index is 5.94. The third-order valence-corrected chi connectivity index (χ3v) is 3.71. The molecule has 0 unspecified atom stereocenters. The molecule has 0 aliphatic rings. The van der Waals surface area contributed by atoms with Gasteiger partial charge in [0.25, 0.3) is 0 Å². The van der Waals surface area contributed by atoms with Gasteiger partial charge in [0.05, 0.1) is 5.02 Å². The van der Waals surface area contributed by atoms with Crippen LogP contribution in [0, 0.1) is 6.92 Å². The van der Waals surface area contributed by atoms with E-state index in [1.54, 1.807) is 0 Å². The summed E-state index contributed by atoms with van der Waals surface area (Å²) >= 11 is 9.36. The quantitative estimate of drug-likeness (QED) is 0.839. The number of halogens is 2. The van der Waals surface area contributed by atoms with Gasteiger partial charge >= 0.3 is 0 Å². The van der Waals surface area contributed by atoms with Crippen molar-refractivity contribution in [2.24, 2.45) is 0 Å². The van der Waals surface area contributed by atoms with E-state index in [0.29, 0.717) is 0 Å². The second-order valence-electron chi connectivity index (χ2n) is 3.97. The highest BCUT2D eigenvalue weighted by Gasteiger charge is 1.99. The van der Waals surface area contributed by atoms with Crippen LogP contribution in [0.4, 0.5) is 5.69 Å². The lowest BCUT2D eigenvalue weighted by Crippen LogP contribution is -1.99. The monoisotopic (exact) mass is 309 g/mol. The van der Waals surface area contributed by atoms with Gasteiger partial charge in [0.2, 0.25) is 0 Å². The van der Waals surface area contributed by atoms with Gasteiger partial charge in [-0.25, -0.2) is 0 Å². The zero-order valence-electron chi connectivity index (χ0n) is 9.50. The highest BCUT2D eigenvalue weighted by molar-refractivity contribution is 9.10. The second kappa shape index (κ2) is 5.56. The lowest BCUT2D eigenvalue weighted by molar-refractivity contribution is 1.14. The molecule has 3 heteroatoms. The molecule has 0 aliphatic carbocycles. The number of hydrogen-bond donors (Lipinski definition) is 1. The van der Waals surface area contributed by atoms with Gasteiger partial charge in [-0.05, 0) is 46.6 Å². The zero-order valence-corrected chi connectivity index (χ0v) is 11.8. The van der Waals surface area contributed by atoms with Gasteiger partial charge in [0.1, 0.15) is 0 Å². The molecule has 0 spiro atoms. The molecule has 0 fully saturated rings. The van der Waals surface area contributed by atoms with E-state index in [9.17, 15) is 0 Å². The Bertz CT molecular complexity index is 525. The van der Waals surface area contributed by atoms with Crippen molar-refractivity contribution >= 4 is 33.2 Å². The number of benzene rings is 2. The van der Waals surface area contributed by atoms with Crippen LogP contribution in [0.2, 0.25) is 5.02 Å². The van der Waals surface area contributed by atoms with Crippen LogP contribution in [0.3, 0.4) is 0 Å². The van der Waals surface area contributed by atoms with E-state index in [4.69, 9.17) is 11.6 Å². The van der Waals surface area contributed by atoms with Gasteiger partial charge in [-0.2, -0.15) is 0 Å². The lowest BCUT2D eigenvalue weighted by atomic mass is 10.1.